The number of rotatable bonds is 8. The molecule has 0 aliphatic carbocycles. The average molecular weight is 440 g/mol. The van der Waals surface area contributed by atoms with Crippen LogP contribution in [0.1, 0.15) is 16.8 Å². The van der Waals surface area contributed by atoms with Crippen LogP contribution in [-0.4, -0.2) is 60.2 Å². The van der Waals surface area contributed by atoms with Gasteiger partial charge in [0.05, 0.1) is 12.1 Å². The molecule has 0 saturated carbocycles. The van der Waals surface area contributed by atoms with Crippen LogP contribution < -0.4 is 10.1 Å². The monoisotopic (exact) mass is 439 g/mol. The van der Waals surface area contributed by atoms with Crippen LogP contribution in [0.4, 0.5) is 15.2 Å². The van der Waals surface area contributed by atoms with E-state index in [-0.39, 0.29) is 24.6 Å². The minimum absolute atomic E-state index is 0.0362. The van der Waals surface area contributed by atoms with Gasteiger partial charge in [-0.2, -0.15) is 0 Å². The van der Waals surface area contributed by atoms with E-state index >= 15 is 0 Å². The number of nitrogens with zero attached hydrogens (tertiary/aromatic N) is 4. The van der Waals surface area contributed by atoms with Crippen LogP contribution in [0.2, 0.25) is 0 Å². The summed E-state index contributed by atoms with van der Waals surface area (Å²) >= 11 is 1.49. The van der Waals surface area contributed by atoms with Gasteiger partial charge in [-0.15, -0.1) is 11.3 Å². The van der Waals surface area contributed by atoms with E-state index in [9.17, 15) is 9.18 Å². The minimum Gasteiger partial charge on any atom is -0.488 e. The SMILES string of the molecule is CN(C)CCNc1nc(-c2nccc3c2N=C(COc2ccc(F)cc2)CC3=O)cs1. The normalized spacial score (nSPS) is 13.2. The van der Waals surface area contributed by atoms with E-state index in [1.807, 2.05) is 19.5 Å². The second-order valence-electron chi connectivity index (χ2n) is 7.34. The molecule has 0 saturated heterocycles. The number of carbonyl (C=O) groups excluding carboxylic acids is 1. The second-order valence-corrected chi connectivity index (χ2v) is 8.20. The molecule has 1 aliphatic rings. The number of ketones is 1. The van der Waals surface area contributed by atoms with Crippen molar-refractivity contribution in [2.75, 3.05) is 39.1 Å². The Hall–Kier alpha value is -3.17. The summed E-state index contributed by atoms with van der Waals surface area (Å²) in [6.07, 6.45) is 1.78. The number of anilines is 1. The van der Waals surface area contributed by atoms with Crippen molar-refractivity contribution in [3.8, 4) is 17.1 Å². The fourth-order valence-electron chi connectivity index (χ4n) is 3.09. The molecule has 0 bridgehead atoms. The first kappa shape index (κ1) is 21.1. The van der Waals surface area contributed by atoms with E-state index in [1.54, 1.807) is 24.4 Å². The van der Waals surface area contributed by atoms with E-state index in [0.29, 0.717) is 34.1 Å². The first-order chi connectivity index (χ1) is 15.0. The predicted octanol–water partition coefficient (Wildman–Crippen LogP) is 4.06. The Kier molecular flexibility index (Phi) is 6.34. The number of benzene rings is 1. The molecular formula is C22H22FN5O2S. The highest BCUT2D eigenvalue weighted by molar-refractivity contribution is 7.14. The van der Waals surface area contributed by atoms with Crippen molar-refractivity contribution < 1.29 is 13.9 Å². The predicted molar refractivity (Wildman–Crippen MR) is 120 cm³/mol. The van der Waals surface area contributed by atoms with E-state index in [2.05, 4.69) is 25.2 Å². The Balaban J connectivity index is 1.55. The summed E-state index contributed by atoms with van der Waals surface area (Å²) in [4.78, 5) is 28.5. The number of hydrogen-bond acceptors (Lipinski definition) is 8. The molecule has 3 aromatic rings. The molecule has 0 radical (unpaired) electrons. The highest BCUT2D eigenvalue weighted by atomic mass is 32.1. The van der Waals surface area contributed by atoms with E-state index in [0.717, 1.165) is 18.2 Å². The number of pyridine rings is 1. The van der Waals surface area contributed by atoms with Gasteiger partial charge in [0, 0.05) is 30.2 Å². The Bertz CT molecular complexity index is 1110. The maximum Gasteiger partial charge on any atom is 0.183 e. The van der Waals surface area contributed by atoms with Gasteiger partial charge in [0.25, 0.3) is 0 Å². The maximum atomic E-state index is 13.1. The number of nitrogens with one attached hydrogen (secondary N) is 1. The van der Waals surface area contributed by atoms with Crippen molar-refractivity contribution in [2.45, 2.75) is 6.42 Å². The standard InChI is InChI=1S/C22H22FN5O2S/c1-28(2)10-9-25-22-27-18(13-31-22)21-20-17(7-8-24-21)19(29)11-15(26-20)12-30-16-5-3-14(23)4-6-16/h3-8,13H,9-12H2,1-2H3,(H,25,27). The van der Waals surface area contributed by atoms with Crippen LogP contribution in [0, 0.1) is 5.82 Å². The van der Waals surface area contributed by atoms with E-state index in [4.69, 9.17) is 4.74 Å². The highest BCUT2D eigenvalue weighted by Gasteiger charge is 2.25. The third-order valence-corrected chi connectivity index (χ3v) is 5.46. The van der Waals surface area contributed by atoms with Gasteiger partial charge in [0.15, 0.2) is 10.9 Å². The lowest BCUT2D eigenvalue weighted by Gasteiger charge is -2.17. The Labute approximate surface area is 183 Å². The molecule has 1 aliphatic heterocycles. The molecule has 2 aromatic heterocycles. The van der Waals surface area contributed by atoms with Gasteiger partial charge in [-0.05, 0) is 44.4 Å². The fraction of sp³-hybridized carbons (Fsp3) is 0.273. The third-order valence-electron chi connectivity index (χ3n) is 4.66. The molecule has 0 amide bonds. The lowest BCUT2D eigenvalue weighted by atomic mass is 9.99. The number of thiazole rings is 1. The Morgan fingerprint density at radius 3 is 2.81 bits per heavy atom. The van der Waals surface area contributed by atoms with Gasteiger partial charge in [-0.1, -0.05) is 0 Å². The van der Waals surface area contributed by atoms with Gasteiger partial charge < -0.3 is 15.0 Å². The zero-order chi connectivity index (χ0) is 21.8. The smallest absolute Gasteiger partial charge is 0.183 e. The zero-order valence-corrected chi connectivity index (χ0v) is 18.1. The summed E-state index contributed by atoms with van der Waals surface area (Å²) in [5, 5.41) is 6.00. The van der Waals surface area contributed by atoms with Gasteiger partial charge in [-0.3, -0.25) is 14.8 Å². The lowest BCUT2D eigenvalue weighted by Crippen LogP contribution is -2.20. The topological polar surface area (TPSA) is 79.7 Å². The number of aromatic nitrogens is 2. The second kappa shape index (κ2) is 9.32. The number of fused-ring (bicyclic) bond motifs is 1. The van der Waals surface area contributed by atoms with Crippen molar-refractivity contribution in [3.63, 3.8) is 0 Å². The molecule has 3 heterocycles. The van der Waals surface area contributed by atoms with Crippen molar-refractivity contribution in [1.82, 2.24) is 14.9 Å². The molecular weight excluding hydrogens is 417 g/mol. The molecule has 4 rings (SSSR count). The maximum absolute atomic E-state index is 13.1. The van der Waals surface area contributed by atoms with Gasteiger partial charge >= 0.3 is 0 Å². The van der Waals surface area contributed by atoms with Crippen molar-refractivity contribution in [3.05, 3.63) is 53.3 Å². The third kappa shape index (κ3) is 5.12. The molecule has 0 atom stereocenters. The highest BCUT2D eigenvalue weighted by Crippen LogP contribution is 2.36. The van der Waals surface area contributed by atoms with Crippen LogP contribution in [0.15, 0.2) is 46.9 Å². The first-order valence-corrected chi connectivity index (χ1v) is 10.7. The molecule has 0 unspecified atom stereocenters. The minimum atomic E-state index is -0.332. The number of carbonyl (C=O) groups is 1. The van der Waals surface area contributed by atoms with Crippen LogP contribution in [0.5, 0.6) is 5.75 Å². The van der Waals surface area contributed by atoms with Crippen molar-refractivity contribution in [2.24, 2.45) is 4.99 Å². The number of ether oxygens (including phenoxy) is 1. The summed E-state index contributed by atoms with van der Waals surface area (Å²) in [6, 6.07) is 7.42. The zero-order valence-electron chi connectivity index (χ0n) is 17.3. The first-order valence-electron chi connectivity index (χ1n) is 9.81. The summed E-state index contributed by atoms with van der Waals surface area (Å²) < 4.78 is 18.7. The summed E-state index contributed by atoms with van der Waals surface area (Å²) in [5.74, 6) is 0.147. The molecule has 0 fully saturated rings. The molecule has 1 aromatic carbocycles. The molecule has 9 heteroatoms. The van der Waals surface area contributed by atoms with Crippen LogP contribution >= 0.6 is 11.3 Å². The van der Waals surface area contributed by atoms with Crippen molar-refractivity contribution >= 4 is 33.7 Å². The summed E-state index contributed by atoms with van der Waals surface area (Å²) in [5.41, 5.74) is 2.89. The van der Waals surface area contributed by atoms with Crippen LogP contribution in [-0.2, 0) is 0 Å². The molecule has 1 N–H and O–H groups in total. The number of halogens is 1. The summed E-state index contributed by atoms with van der Waals surface area (Å²) in [6.45, 7) is 1.81. The van der Waals surface area contributed by atoms with Crippen molar-refractivity contribution in [1.29, 1.82) is 0 Å². The van der Waals surface area contributed by atoms with E-state index < -0.39 is 0 Å². The number of aliphatic imine (C=N–C) groups is 1. The quantitative estimate of drug-likeness (QED) is 0.570. The summed E-state index contributed by atoms with van der Waals surface area (Å²) in [7, 11) is 4.03. The number of hydrogen-bond donors (Lipinski definition) is 1. The molecule has 31 heavy (non-hydrogen) atoms. The number of likely N-dealkylation sites (N-methyl/N-ethyl adjacent to an activating group) is 1. The molecule has 160 valence electrons. The largest absolute Gasteiger partial charge is 0.488 e. The Morgan fingerprint density at radius 1 is 1.23 bits per heavy atom. The molecule has 0 spiro atoms. The van der Waals surface area contributed by atoms with Gasteiger partial charge in [0.1, 0.15) is 35.2 Å². The van der Waals surface area contributed by atoms with E-state index in [1.165, 1.54) is 23.5 Å². The fourth-order valence-corrected chi connectivity index (χ4v) is 3.81. The molecule has 7 nitrogen and oxygen atoms in total. The van der Waals surface area contributed by atoms with Gasteiger partial charge in [0.2, 0.25) is 0 Å². The average Bonchev–Trinajstić information content (AvgIpc) is 3.21. The Morgan fingerprint density at radius 2 is 2.03 bits per heavy atom. The lowest BCUT2D eigenvalue weighted by molar-refractivity contribution is 0.0998. The number of Topliss-reactive ketones (excluding diaryl/α,β-unsaturated/α-hetero) is 1. The van der Waals surface area contributed by atoms with Gasteiger partial charge in [-0.25, -0.2) is 9.37 Å². The van der Waals surface area contributed by atoms with Crippen LogP contribution in [0.3, 0.4) is 0 Å². The van der Waals surface area contributed by atoms with Crippen LogP contribution in [0.25, 0.3) is 11.4 Å².